The van der Waals surface area contributed by atoms with E-state index in [1.165, 1.54) is 12.1 Å². The molecule has 1 aliphatic carbocycles. The van der Waals surface area contributed by atoms with Crippen molar-refractivity contribution < 1.29 is 22.8 Å². The zero-order valence-electron chi connectivity index (χ0n) is 18.1. The van der Waals surface area contributed by atoms with Gasteiger partial charge in [-0.15, -0.1) is 23.2 Å². The molecule has 0 saturated heterocycles. The topological polar surface area (TPSA) is 72.2 Å². The van der Waals surface area contributed by atoms with Crippen LogP contribution in [0.5, 0.6) is 0 Å². The molecule has 0 bridgehead atoms. The minimum atomic E-state index is -1.53. The van der Waals surface area contributed by atoms with Crippen molar-refractivity contribution in [1.29, 1.82) is 0 Å². The number of carbonyl (C=O) groups is 2. The lowest BCUT2D eigenvalue weighted by Gasteiger charge is -2.11. The number of rotatable bonds is 6. The van der Waals surface area contributed by atoms with Crippen molar-refractivity contribution in [2.24, 2.45) is 5.92 Å². The van der Waals surface area contributed by atoms with E-state index in [1.54, 1.807) is 0 Å². The number of nitrogen functional groups attached to an aromatic ring is 1. The lowest BCUT2D eigenvalue weighted by molar-refractivity contribution is -0.117. The normalized spacial score (nSPS) is 18.0. The highest BCUT2D eigenvalue weighted by molar-refractivity contribution is 6.54. The van der Waals surface area contributed by atoms with Gasteiger partial charge in [-0.05, 0) is 41.5 Å². The number of alkyl halides is 2. The molecule has 0 aromatic heterocycles. The molecule has 0 heterocycles. The van der Waals surface area contributed by atoms with Gasteiger partial charge in [0, 0.05) is 23.6 Å². The Bertz CT molecular complexity index is 1440. The Kier molecular flexibility index (Phi) is 7.88. The van der Waals surface area contributed by atoms with Crippen LogP contribution in [-0.2, 0) is 11.2 Å². The summed E-state index contributed by atoms with van der Waals surface area (Å²) in [6.45, 7) is 0. The number of anilines is 2. The van der Waals surface area contributed by atoms with Crippen LogP contribution < -0.4 is 11.1 Å². The number of nitrogens with two attached hydrogens (primary N) is 1. The average Bonchev–Trinajstić information content (AvgIpc) is 3.41. The molecule has 1 aliphatic rings. The molecule has 0 aliphatic heterocycles. The van der Waals surface area contributed by atoms with Crippen LogP contribution in [0, 0.1) is 23.4 Å². The minimum absolute atomic E-state index is 0.125. The van der Waals surface area contributed by atoms with Gasteiger partial charge in [-0.2, -0.15) is 0 Å². The highest BCUT2D eigenvalue weighted by Gasteiger charge is 2.67. The fourth-order valence-corrected chi connectivity index (χ4v) is 5.58. The molecule has 13 heteroatoms. The molecular formula is C24H13Cl6F3N2O2. The van der Waals surface area contributed by atoms with Crippen molar-refractivity contribution in [1.82, 2.24) is 0 Å². The van der Waals surface area contributed by atoms with Gasteiger partial charge >= 0.3 is 0 Å². The number of Topliss-reactive ketones (excluding diaryl/α,β-unsaturated/α-hetero) is 1. The lowest BCUT2D eigenvalue weighted by atomic mass is 10.0. The molecule has 3 N–H and O–H groups in total. The number of hydrogen-bond acceptors (Lipinski definition) is 3. The van der Waals surface area contributed by atoms with Crippen molar-refractivity contribution >= 4 is 92.7 Å². The van der Waals surface area contributed by atoms with E-state index in [4.69, 9.17) is 75.3 Å². The summed E-state index contributed by atoms with van der Waals surface area (Å²) in [5, 5.41) is 2.32. The third kappa shape index (κ3) is 5.35. The standard InChI is InChI=1S/C24H13Cl6F3N2O2/c25-12-3-9(4-13(26)20(12)28)17-18(24(17,29)30)23(37)35-10-6-11(19(27)15(32)7-10)16(36)5-8-1-2-14(31)22(34)21(8)33/h1-4,6-7,17-18H,5,34H2,(H,35,37)/t17-,18+/m0/s1. The molecule has 37 heavy (non-hydrogen) atoms. The largest absolute Gasteiger partial charge is 0.394 e. The Balaban J connectivity index is 1.57. The molecule has 1 saturated carbocycles. The first-order valence-corrected chi connectivity index (χ1v) is 12.6. The van der Waals surface area contributed by atoms with Crippen molar-refractivity contribution in [2.75, 3.05) is 11.1 Å². The van der Waals surface area contributed by atoms with Crippen molar-refractivity contribution in [3.8, 4) is 0 Å². The molecule has 194 valence electrons. The molecule has 2 atom stereocenters. The fourth-order valence-electron chi connectivity index (χ4n) is 3.93. The monoisotopic (exact) mass is 628 g/mol. The fraction of sp³-hybridized carbons (Fsp3) is 0.167. The second-order valence-electron chi connectivity index (χ2n) is 8.27. The van der Waals surface area contributed by atoms with Gasteiger partial charge in [-0.3, -0.25) is 9.59 Å². The Morgan fingerprint density at radius 1 is 0.919 bits per heavy atom. The molecule has 4 nitrogen and oxygen atoms in total. The van der Waals surface area contributed by atoms with Crippen LogP contribution in [0.1, 0.15) is 27.4 Å². The van der Waals surface area contributed by atoms with Crippen molar-refractivity contribution in [2.45, 2.75) is 16.7 Å². The maximum absolute atomic E-state index is 14.5. The van der Waals surface area contributed by atoms with E-state index in [-0.39, 0.29) is 31.9 Å². The van der Waals surface area contributed by atoms with Gasteiger partial charge in [-0.1, -0.05) is 52.5 Å². The van der Waals surface area contributed by atoms with Crippen LogP contribution in [0.25, 0.3) is 0 Å². The quantitative estimate of drug-likeness (QED) is 0.125. The van der Waals surface area contributed by atoms with E-state index in [9.17, 15) is 22.8 Å². The van der Waals surface area contributed by atoms with E-state index < -0.39 is 62.4 Å². The Labute approximate surface area is 238 Å². The predicted molar refractivity (Wildman–Crippen MR) is 141 cm³/mol. The van der Waals surface area contributed by atoms with Gasteiger partial charge < -0.3 is 11.1 Å². The highest BCUT2D eigenvalue weighted by Crippen LogP contribution is 2.65. The Morgan fingerprint density at radius 3 is 2.16 bits per heavy atom. The van der Waals surface area contributed by atoms with Crippen LogP contribution in [0.3, 0.4) is 0 Å². The van der Waals surface area contributed by atoms with Crippen LogP contribution in [0.4, 0.5) is 24.5 Å². The van der Waals surface area contributed by atoms with Gasteiger partial charge in [0.2, 0.25) is 5.91 Å². The molecule has 0 spiro atoms. The van der Waals surface area contributed by atoms with E-state index in [2.05, 4.69) is 5.32 Å². The number of nitrogens with one attached hydrogen (secondary N) is 1. The van der Waals surface area contributed by atoms with Crippen LogP contribution in [-0.4, -0.2) is 16.0 Å². The number of ketones is 1. The second-order valence-corrected chi connectivity index (χ2v) is 11.3. The van der Waals surface area contributed by atoms with Gasteiger partial charge in [0.05, 0.1) is 26.0 Å². The number of benzene rings is 3. The predicted octanol–water partition coefficient (Wildman–Crippen LogP) is 8.25. The Hall–Kier alpha value is -1.87. The second kappa shape index (κ2) is 10.4. The highest BCUT2D eigenvalue weighted by atomic mass is 35.5. The molecular weight excluding hydrogens is 618 g/mol. The molecule has 3 aromatic carbocycles. The van der Waals surface area contributed by atoms with Crippen LogP contribution >= 0.6 is 69.6 Å². The van der Waals surface area contributed by atoms with Gasteiger partial charge in [0.1, 0.15) is 21.7 Å². The summed E-state index contributed by atoms with van der Waals surface area (Å²) in [5.41, 5.74) is 4.35. The van der Waals surface area contributed by atoms with E-state index in [0.717, 1.165) is 24.3 Å². The molecule has 4 rings (SSSR count). The summed E-state index contributed by atoms with van der Waals surface area (Å²) < 4.78 is 40.7. The van der Waals surface area contributed by atoms with Gasteiger partial charge in [0.25, 0.3) is 0 Å². The maximum Gasteiger partial charge on any atom is 0.231 e. The maximum atomic E-state index is 14.5. The van der Waals surface area contributed by atoms with E-state index >= 15 is 0 Å². The summed E-state index contributed by atoms with van der Waals surface area (Å²) in [6, 6.07) is 6.91. The first kappa shape index (κ1) is 28.1. The molecule has 0 unspecified atom stereocenters. The van der Waals surface area contributed by atoms with Crippen molar-refractivity contribution in [3.05, 3.63) is 90.6 Å². The summed E-state index contributed by atoms with van der Waals surface area (Å²) in [7, 11) is 0. The third-order valence-corrected chi connectivity index (χ3v) is 8.38. The smallest absolute Gasteiger partial charge is 0.231 e. The molecule has 1 fully saturated rings. The number of hydrogen-bond donors (Lipinski definition) is 2. The zero-order valence-corrected chi connectivity index (χ0v) is 22.7. The third-order valence-electron chi connectivity index (χ3n) is 5.85. The summed E-state index contributed by atoms with van der Waals surface area (Å²) in [6.07, 6.45) is -0.595. The van der Waals surface area contributed by atoms with Crippen LogP contribution in [0.15, 0.2) is 36.4 Å². The molecule has 0 radical (unpaired) electrons. The summed E-state index contributed by atoms with van der Waals surface area (Å²) in [5.74, 6) is -6.31. The van der Waals surface area contributed by atoms with E-state index in [0.29, 0.717) is 5.56 Å². The molecule has 1 amide bonds. The van der Waals surface area contributed by atoms with Gasteiger partial charge in [0.15, 0.2) is 11.6 Å². The first-order valence-electron chi connectivity index (χ1n) is 10.3. The number of amides is 1. The lowest BCUT2D eigenvalue weighted by Crippen LogP contribution is -2.18. The average molecular weight is 631 g/mol. The summed E-state index contributed by atoms with van der Waals surface area (Å²) in [4.78, 5) is 25.8. The summed E-state index contributed by atoms with van der Waals surface area (Å²) >= 11 is 36.7. The molecule has 3 aromatic rings. The number of carbonyl (C=O) groups excluding carboxylic acids is 2. The van der Waals surface area contributed by atoms with Crippen molar-refractivity contribution in [3.63, 3.8) is 0 Å². The number of halogens is 9. The van der Waals surface area contributed by atoms with Gasteiger partial charge in [-0.25, -0.2) is 13.2 Å². The van der Waals surface area contributed by atoms with Crippen LogP contribution in [0.2, 0.25) is 20.1 Å². The SMILES string of the molecule is Nc1c(F)ccc(CC(=O)c2cc(NC(=O)[C@H]3[C@H](c4cc(Cl)c(Cl)c(Cl)c4)C3(Cl)Cl)cc(F)c2Cl)c1F. The zero-order chi connectivity index (χ0) is 27.4. The first-order chi connectivity index (χ1) is 17.2. The van der Waals surface area contributed by atoms with E-state index in [1.807, 2.05) is 0 Å². The Morgan fingerprint density at radius 2 is 1.54 bits per heavy atom. The minimum Gasteiger partial charge on any atom is -0.394 e.